The van der Waals surface area contributed by atoms with E-state index in [4.69, 9.17) is 9.47 Å². The lowest BCUT2D eigenvalue weighted by molar-refractivity contribution is -0.133. The number of esters is 2. The fourth-order valence-corrected chi connectivity index (χ4v) is 1.12. The molecule has 91 valence electrons. The van der Waals surface area contributed by atoms with Crippen LogP contribution in [0, 0.1) is 6.92 Å². The van der Waals surface area contributed by atoms with Gasteiger partial charge in [-0.2, -0.15) is 0 Å². The Morgan fingerprint density at radius 3 is 2.29 bits per heavy atom. The van der Waals surface area contributed by atoms with Gasteiger partial charge in [0, 0.05) is 6.42 Å². The minimum atomic E-state index is -0.414. The van der Waals surface area contributed by atoms with E-state index in [1.54, 1.807) is 38.1 Å². The Balaban J connectivity index is 2.67. The van der Waals surface area contributed by atoms with E-state index in [1.807, 2.05) is 0 Å². The molecule has 0 aromatic heterocycles. The highest BCUT2D eigenvalue weighted by Crippen LogP contribution is 2.14. The molecule has 1 aromatic carbocycles. The molecule has 1 radical (unpaired) electrons. The van der Waals surface area contributed by atoms with Crippen LogP contribution in [-0.4, -0.2) is 18.0 Å². The molecule has 0 aliphatic carbocycles. The summed E-state index contributed by atoms with van der Waals surface area (Å²) < 4.78 is 9.95. The summed E-state index contributed by atoms with van der Waals surface area (Å²) >= 11 is 0. The number of hydrogen-bond donors (Lipinski definition) is 0. The molecule has 0 amide bonds. The Labute approximate surface area is 101 Å². The largest absolute Gasteiger partial charge is 0.459 e. The number of ether oxygens (including phenoxy) is 2. The van der Waals surface area contributed by atoms with Crippen LogP contribution >= 0.6 is 0 Å². The summed E-state index contributed by atoms with van der Waals surface area (Å²) in [6, 6.07) is 6.20. The van der Waals surface area contributed by atoms with Crippen LogP contribution in [0.25, 0.3) is 0 Å². The van der Waals surface area contributed by atoms with Crippen molar-refractivity contribution in [2.75, 3.05) is 0 Å². The van der Waals surface area contributed by atoms with Crippen LogP contribution in [0.15, 0.2) is 24.3 Å². The van der Waals surface area contributed by atoms with E-state index in [-0.39, 0.29) is 12.5 Å². The van der Waals surface area contributed by atoms with Gasteiger partial charge in [-0.25, -0.2) is 4.79 Å². The summed E-state index contributed by atoms with van der Waals surface area (Å²) in [4.78, 5) is 22.5. The highest BCUT2D eigenvalue weighted by atomic mass is 16.5. The molecule has 0 saturated carbocycles. The van der Waals surface area contributed by atoms with Gasteiger partial charge in [0.15, 0.2) is 0 Å². The summed E-state index contributed by atoms with van der Waals surface area (Å²) in [6.07, 6.45) is -0.0943. The van der Waals surface area contributed by atoms with Crippen LogP contribution in [0.4, 0.5) is 0 Å². The number of benzene rings is 1. The van der Waals surface area contributed by atoms with Gasteiger partial charge in [0.1, 0.15) is 5.75 Å². The van der Waals surface area contributed by atoms with Gasteiger partial charge in [0.2, 0.25) is 0 Å². The normalized spacial score (nSPS) is 10.1. The molecule has 17 heavy (non-hydrogen) atoms. The standard InChI is InChI=1S/C13H15O4/c1-4-12(14)17-11-7-5-10(6-8-11)13(15)16-9(2)3/h5-9H,1,4H2,2-3H3. The van der Waals surface area contributed by atoms with Crippen LogP contribution < -0.4 is 4.74 Å². The van der Waals surface area contributed by atoms with Crippen molar-refractivity contribution in [1.29, 1.82) is 0 Å². The predicted octanol–water partition coefficient (Wildman–Crippen LogP) is 2.38. The maximum absolute atomic E-state index is 11.5. The summed E-state index contributed by atoms with van der Waals surface area (Å²) in [5, 5.41) is 0. The molecule has 0 aliphatic heterocycles. The minimum Gasteiger partial charge on any atom is -0.459 e. The van der Waals surface area contributed by atoms with Gasteiger partial charge in [-0.1, -0.05) is 0 Å². The molecule has 4 nitrogen and oxygen atoms in total. The smallest absolute Gasteiger partial charge is 0.338 e. The van der Waals surface area contributed by atoms with Crippen molar-refractivity contribution < 1.29 is 19.1 Å². The number of hydrogen-bond acceptors (Lipinski definition) is 4. The molecule has 0 heterocycles. The Morgan fingerprint density at radius 2 is 1.82 bits per heavy atom. The summed E-state index contributed by atoms with van der Waals surface area (Å²) in [6.45, 7) is 6.97. The van der Waals surface area contributed by atoms with Gasteiger partial charge in [-0.3, -0.25) is 4.79 Å². The first-order valence-corrected chi connectivity index (χ1v) is 5.34. The zero-order chi connectivity index (χ0) is 12.8. The molecule has 0 saturated heterocycles. The third-order valence-electron chi connectivity index (χ3n) is 1.87. The molecule has 1 rings (SSSR count). The van der Waals surface area contributed by atoms with Crippen molar-refractivity contribution in [2.45, 2.75) is 26.4 Å². The van der Waals surface area contributed by atoms with Crippen molar-refractivity contribution in [3.8, 4) is 5.75 Å². The summed E-state index contributed by atoms with van der Waals surface area (Å²) in [7, 11) is 0. The molecule has 1 aromatic rings. The zero-order valence-corrected chi connectivity index (χ0v) is 9.93. The monoisotopic (exact) mass is 235 g/mol. The van der Waals surface area contributed by atoms with Crippen molar-refractivity contribution in [3.05, 3.63) is 36.8 Å². The second-order valence-electron chi connectivity index (χ2n) is 3.70. The molecule has 0 aliphatic rings. The van der Waals surface area contributed by atoms with Crippen molar-refractivity contribution in [2.24, 2.45) is 0 Å². The third-order valence-corrected chi connectivity index (χ3v) is 1.87. The second-order valence-corrected chi connectivity index (χ2v) is 3.70. The van der Waals surface area contributed by atoms with Crippen molar-refractivity contribution in [1.82, 2.24) is 0 Å². The van der Waals surface area contributed by atoms with Crippen LogP contribution in [0.1, 0.15) is 30.6 Å². The molecule has 4 heteroatoms. The molecule has 0 bridgehead atoms. The number of rotatable bonds is 4. The lowest BCUT2D eigenvalue weighted by atomic mass is 10.2. The van der Waals surface area contributed by atoms with E-state index in [2.05, 4.69) is 6.92 Å². The van der Waals surface area contributed by atoms with E-state index in [1.165, 1.54) is 0 Å². The average Bonchev–Trinajstić information content (AvgIpc) is 2.28. The topological polar surface area (TPSA) is 52.6 Å². The Bertz CT molecular complexity index is 392. The van der Waals surface area contributed by atoms with Gasteiger partial charge in [-0.05, 0) is 45.0 Å². The highest BCUT2D eigenvalue weighted by molar-refractivity contribution is 5.89. The molecule has 0 spiro atoms. The maximum Gasteiger partial charge on any atom is 0.338 e. The zero-order valence-electron chi connectivity index (χ0n) is 9.93. The van der Waals surface area contributed by atoms with Crippen molar-refractivity contribution in [3.63, 3.8) is 0 Å². The van der Waals surface area contributed by atoms with Crippen LogP contribution in [0.2, 0.25) is 0 Å². The first-order chi connectivity index (χ1) is 8.02. The van der Waals surface area contributed by atoms with Crippen molar-refractivity contribution >= 4 is 11.9 Å². The van der Waals surface area contributed by atoms with Gasteiger partial charge < -0.3 is 9.47 Å². The Kier molecular flexibility index (Phi) is 4.69. The molecular formula is C13H15O4. The van der Waals surface area contributed by atoms with Gasteiger partial charge in [0.05, 0.1) is 11.7 Å². The van der Waals surface area contributed by atoms with E-state index in [0.29, 0.717) is 11.3 Å². The third kappa shape index (κ3) is 4.26. The van der Waals surface area contributed by atoms with E-state index in [0.717, 1.165) is 0 Å². The molecule has 0 unspecified atom stereocenters. The predicted molar refractivity (Wildman–Crippen MR) is 62.6 cm³/mol. The second kappa shape index (κ2) is 6.03. The van der Waals surface area contributed by atoms with Gasteiger partial charge >= 0.3 is 11.9 Å². The fourth-order valence-electron chi connectivity index (χ4n) is 1.12. The number of carbonyl (C=O) groups excluding carboxylic acids is 2. The van der Waals surface area contributed by atoms with E-state index in [9.17, 15) is 9.59 Å². The van der Waals surface area contributed by atoms with Gasteiger partial charge in [0.25, 0.3) is 0 Å². The Morgan fingerprint density at radius 1 is 1.24 bits per heavy atom. The lowest BCUT2D eigenvalue weighted by Gasteiger charge is -2.08. The summed E-state index contributed by atoms with van der Waals surface area (Å²) in [5.41, 5.74) is 0.424. The molecule has 0 N–H and O–H groups in total. The molecule has 0 fully saturated rings. The SMILES string of the molecule is [CH2]CC(=O)Oc1ccc(C(=O)OC(C)C)cc1. The first kappa shape index (κ1) is 13.2. The summed E-state index contributed by atoms with van der Waals surface area (Å²) in [5.74, 6) is -0.419. The van der Waals surface area contributed by atoms with Crippen LogP contribution in [0.5, 0.6) is 5.75 Å². The fraction of sp³-hybridized carbons (Fsp3) is 0.308. The van der Waals surface area contributed by atoms with Crippen LogP contribution in [0.3, 0.4) is 0 Å². The molecular weight excluding hydrogens is 220 g/mol. The highest BCUT2D eigenvalue weighted by Gasteiger charge is 2.09. The lowest BCUT2D eigenvalue weighted by Crippen LogP contribution is -2.11. The van der Waals surface area contributed by atoms with Gasteiger partial charge in [-0.15, -0.1) is 0 Å². The average molecular weight is 235 g/mol. The Hall–Kier alpha value is -1.84. The van der Waals surface area contributed by atoms with Crippen LogP contribution in [-0.2, 0) is 9.53 Å². The number of carbonyl (C=O) groups is 2. The minimum absolute atomic E-state index is 0.0666. The molecule has 0 atom stereocenters. The quantitative estimate of drug-likeness (QED) is 0.594. The first-order valence-electron chi connectivity index (χ1n) is 5.34. The van der Waals surface area contributed by atoms with E-state index < -0.39 is 11.9 Å². The maximum atomic E-state index is 11.5. The van der Waals surface area contributed by atoms with E-state index >= 15 is 0 Å².